The number of aliphatic hydroxyl groups excluding tert-OH is 1. The van der Waals surface area contributed by atoms with Crippen molar-refractivity contribution in [2.24, 2.45) is 0 Å². The molecule has 1 saturated heterocycles. The third kappa shape index (κ3) is 3.48. The van der Waals surface area contributed by atoms with E-state index in [1.165, 1.54) is 0 Å². The van der Waals surface area contributed by atoms with Gasteiger partial charge in [-0.15, -0.1) is 11.8 Å². The first-order valence-corrected chi connectivity index (χ1v) is 6.82. The average molecular weight is 251 g/mol. The molecule has 1 fully saturated rings. The SMILES string of the molecule is O=C1NCCCCC1Sc1cccc(CO)c1. The van der Waals surface area contributed by atoms with Crippen molar-refractivity contribution >= 4 is 17.7 Å². The highest BCUT2D eigenvalue weighted by atomic mass is 32.2. The summed E-state index contributed by atoms with van der Waals surface area (Å²) < 4.78 is 0. The number of thioether (sulfide) groups is 1. The first-order chi connectivity index (χ1) is 8.29. The number of hydrogen-bond acceptors (Lipinski definition) is 3. The molecule has 3 nitrogen and oxygen atoms in total. The Morgan fingerprint density at radius 1 is 1.41 bits per heavy atom. The van der Waals surface area contributed by atoms with Gasteiger partial charge in [-0.3, -0.25) is 4.79 Å². The van der Waals surface area contributed by atoms with Gasteiger partial charge < -0.3 is 10.4 Å². The topological polar surface area (TPSA) is 49.3 Å². The summed E-state index contributed by atoms with van der Waals surface area (Å²) in [5.41, 5.74) is 0.893. The van der Waals surface area contributed by atoms with Crippen LogP contribution in [0.4, 0.5) is 0 Å². The average Bonchev–Trinajstić information content (AvgIpc) is 2.55. The molecule has 1 aromatic carbocycles. The number of hydrogen-bond donors (Lipinski definition) is 2. The molecule has 0 radical (unpaired) electrons. The van der Waals surface area contributed by atoms with Crippen molar-refractivity contribution in [1.29, 1.82) is 0 Å². The maximum Gasteiger partial charge on any atom is 0.233 e. The molecule has 1 unspecified atom stereocenters. The van der Waals surface area contributed by atoms with Crippen LogP contribution < -0.4 is 5.32 Å². The van der Waals surface area contributed by atoms with Gasteiger partial charge in [-0.05, 0) is 30.5 Å². The first kappa shape index (κ1) is 12.5. The van der Waals surface area contributed by atoms with Crippen molar-refractivity contribution in [3.8, 4) is 0 Å². The van der Waals surface area contributed by atoms with Crippen LogP contribution in [0.2, 0.25) is 0 Å². The number of carbonyl (C=O) groups excluding carboxylic acids is 1. The number of benzene rings is 1. The molecular weight excluding hydrogens is 234 g/mol. The van der Waals surface area contributed by atoms with Gasteiger partial charge in [-0.25, -0.2) is 0 Å². The predicted molar refractivity (Wildman–Crippen MR) is 68.9 cm³/mol. The molecule has 1 aliphatic rings. The highest BCUT2D eigenvalue weighted by Crippen LogP contribution is 2.28. The van der Waals surface area contributed by atoms with Gasteiger partial charge in [0.15, 0.2) is 0 Å². The van der Waals surface area contributed by atoms with Crippen LogP contribution in [0.5, 0.6) is 0 Å². The number of aliphatic hydroxyl groups is 1. The summed E-state index contributed by atoms with van der Waals surface area (Å²) in [6.07, 6.45) is 3.09. The summed E-state index contributed by atoms with van der Waals surface area (Å²) in [6.45, 7) is 0.845. The second-order valence-corrected chi connectivity index (χ2v) is 5.47. The summed E-state index contributed by atoms with van der Waals surface area (Å²) in [5, 5.41) is 12.0. The second-order valence-electron chi connectivity index (χ2n) is 4.20. The summed E-state index contributed by atoms with van der Waals surface area (Å²) in [5.74, 6) is 0.141. The van der Waals surface area contributed by atoms with E-state index in [1.54, 1.807) is 11.8 Å². The Kier molecular flexibility index (Phi) is 4.45. The number of carbonyl (C=O) groups is 1. The molecule has 1 amide bonds. The van der Waals surface area contributed by atoms with Gasteiger partial charge in [0.05, 0.1) is 11.9 Å². The summed E-state index contributed by atoms with van der Waals surface area (Å²) in [7, 11) is 0. The maximum absolute atomic E-state index is 11.8. The molecule has 17 heavy (non-hydrogen) atoms. The van der Waals surface area contributed by atoms with E-state index in [0.717, 1.165) is 36.3 Å². The zero-order valence-electron chi connectivity index (χ0n) is 9.69. The van der Waals surface area contributed by atoms with Gasteiger partial charge in [0, 0.05) is 11.4 Å². The fourth-order valence-corrected chi connectivity index (χ4v) is 3.09. The number of rotatable bonds is 3. The van der Waals surface area contributed by atoms with Gasteiger partial charge in [0.1, 0.15) is 0 Å². The molecule has 0 aliphatic carbocycles. The smallest absolute Gasteiger partial charge is 0.233 e. The molecule has 1 heterocycles. The van der Waals surface area contributed by atoms with Gasteiger partial charge in [-0.2, -0.15) is 0 Å². The summed E-state index contributed by atoms with van der Waals surface area (Å²) in [6, 6.07) is 7.74. The van der Waals surface area contributed by atoms with Crippen molar-refractivity contribution in [1.82, 2.24) is 5.32 Å². The Labute approximate surface area is 106 Å². The number of nitrogens with one attached hydrogen (secondary N) is 1. The quantitative estimate of drug-likeness (QED) is 0.863. The molecule has 1 aliphatic heterocycles. The van der Waals surface area contributed by atoms with E-state index in [1.807, 2.05) is 24.3 Å². The van der Waals surface area contributed by atoms with Crippen LogP contribution in [0.25, 0.3) is 0 Å². The van der Waals surface area contributed by atoms with E-state index >= 15 is 0 Å². The lowest BCUT2D eigenvalue weighted by molar-refractivity contribution is -0.120. The maximum atomic E-state index is 11.8. The molecule has 1 aromatic rings. The van der Waals surface area contributed by atoms with E-state index in [2.05, 4.69) is 5.32 Å². The molecule has 1 atom stereocenters. The van der Waals surface area contributed by atoms with Gasteiger partial charge in [0.25, 0.3) is 0 Å². The molecule has 4 heteroatoms. The Balaban J connectivity index is 2.05. The van der Waals surface area contributed by atoms with Crippen LogP contribution in [0.15, 0.2) is 29.2 Å². The van der Waals surface area contributed by atoms with Gasteiger partial charge >= 0.3 is 0 Å². The predicted octanol–water partition coefficient (Wildman–Crippen LogP) is 1.94. The molecule has 0 saturated carbocycles. The molecule has 0 aromatic heterocycles. The van der Waals surface area contributed by atoms with Gasteiger partial charge in [-0.1, -0.05) is 18.6 Å². The Morgan fingerprint density at radius 3 is 3.12 bits per heavy atom. The fraction of sp³-hybridized carbons (Fsp3) is 0.462. The minimum atomic E-state index is 0.00597. The Morgan fingerprint density at radius 2 is 2.29 bits per heavy atom. The van der Waals surface area contributed by atoms with Gasteiger partial charge in [0.2, 0.25) is 5.91 Å². The van der Waals surface area contributed by atoms with Crippen LogP contribution >= 0.6 is 11.8 Å². The van der Waals surface area contributed by atoms with Crippen molar-refractivity contribution in [3.63, 3.8) is 0 Å². The van der Waals surface area contributed by atoms with Crippen LogP contribution in [-0.2, 0) is 11.4 Å². The lowest BCUT2D eigenvalue weighted by Crippen LogP contribution is -2.30. The number of amides is 1. The molecule has 2 rings (SSSR count). The molecular formula is C13H17NO2S. The highest BCUT2D eigenvalue weighted by Gasteiger charge is 2.21. The van der Waals surface area contributed by atoms with E-state index < -0.39 is 0 Å². The summed E-state index contributed by atoms with van der Waals surface area (Å²) >= 11 is 1.59. The fourth-order valence-electron chi connectivity index (χ4n) is 1.91. The molecule has 2 N–H and O–H groups in total. The van der Waals surface area contributed by atoms with Crippen molar-refractivity contribution in [2.45, 2.75) is 36.0 Å². The Hall–Kier alpha value is -1.00. The van der Waals surface area contributed by atoms with Crippen LogP contribution in [0.3, 0.4) is 0 Å². The van der Waals surface area contributed by atoms with E-state index in [-0.39, 0.29) is 17.8 Å². The largest absolute Gasteiger partial charge is 0.392 e. The van der Waals surface area contributed by atoms with Crippen molar-refractivity contribution < 1.29 is 9.90 Å². The normalized spacial score (nSPS) is 20.8. The van der Waals surface area contributed by atoms with Crippen LogP contribution in [0, 0.1) is 0 Å². The van der Waals surface area contributed by atoms with E-state index in [0.29, 0.717) is 0 Å². The highest BCUT2D eigenvalue weighted by molar-refractivity contribution is 8.00. The lowest BCUT2D eigenvalue weighted by atomic mass is 10.2. The molecule has 0 spiro atoms. The Bertz CT molecular complexity index is 395. The van der Waals surface area contributed by atoms with Crippen molar-refractivity contribution in [3.05, 3.63) is 29.8 Å². The van der Waals surface area contributed by atoms with E-state index in [4.69, 9.17) is 5.11 Å². The first-order valence-electron chi connectivity index (χ1n) is 5.94. The third-order valence-corrected chi connectivity index (χ3v) is 4.10. The molecule has 0 bridgehead atoms. The lowest BCUT2D eigenvalue weighted by Gasteiger charge is -2.12. The summed E-state index contributed by atoms with van der Waals surface area (Å²) in [4.78, 5) is 12.8. The zero-order chi connectivity index (χ0) is 12.1. The minimum Gasteiger partial charge on any atom is -0.392 e. The minimum absolute atomic E-state index is 0.00597. The van der Waals surface area contributed by atoms with E-state index in [9.17, 15) is 4.79 Å². The monoisotopic (exact) mass is 251 g/mol. The standard InChI is InChI=1S/C13H17NO2S/c15-9-10-4-3-5-11(8-10)17-12-6-1-2-7-14-13(12)16/h3-5,8,12,15H,1-2,6-7,9H2,(H,14,16). The third-order valence-electron chi connectivity index (χ3n) is 2.84. The van der Waals surface area contributed by atoms with Crippen LogP contribution in [0.1, 0.15) is 24.8 Å². The van der Waals surface area contributed by atoms with Crippen molar-refractivity contribution in [2.75, 3.05) is 6.54 Å². The zero-order valence-corrected chi connectivity index (χ0v) is 10.5. The second kappa shape index (κ2) is 6.07. The van der Waals surface area contributed by atoms with Crippen LogP contribution in [-0.4, -0.2) is 22.8 Å². The molecule has 92 valence electrons.